The van der Waals surface area contributed by atoms with Crippen LogP contribution in [-0.4, -0.2) is 19.9 Å². The van der Waals surface area contributed by atoms with E-state index in [4.69, 9.17) is 28.8 Å². The lowest BCUT2D eigenvalue weighted by Gasteiger charge is -2.11. The van der Waals surface area contributed by atoms with Gasteiger partial charge in [0.2, 0.25) is 0 Å². The van der Waals surface area contributed by atoms with Gasteiger partial charge in [-0.05, 0) is 93.0 Å². The minimum Gasteiger partial charge on any atom is -0.452 e. The van der Waals surface area contributed by atoms with E-state index in [0.29, 0.717) is 22.8 Å². The lowest BCUT2D eigenvalue weighted by Crippen LogP contribution is -1.94. The summed E-state index contributed by atoms with van der Waals surface area (Å²) in [6, 6.07) is 79.5. The molecular formula is C62H38N4O2. The molecule has 6 nitrogen and oxygen atoms in total. The summed E-state index contributed by atoms with van der Waals surface area (Å²) in [6.07, 6.45) is 0. The van der Waals surface area contributed by atoms with Crippen LogP contribution < -0.4 is 0 Å². The van der Waals surface area contributed by atoms with E-state index in [0.717, 1.165) is 111 Å². The van der Waals surface area contributed by atoms with Crippen molar-refractivity contribution < 1.29 is 8.83 Å². The monoisotopic (exact) mass is 870 g/mol. The minimum absolute atomic E-state index is 0.636. The van der Waals surface area contributed by atoms with Crippen LogP contribution in [0.1, 0.15) is 0 Å². The highest BCUT2D eigenvalue weighted by molar-refractivity contribution is 6.08. The molecule has 0 aliphatic heterocycles. The van der Waals surface area contributed by atoms with Gasteiger partial charge in [0.1, 0.15) is 33.6 Å². The Bertz CT molecular complexity index is 4030. The summed E-state index contributed by atoms with van der Waals surface area (Å²) >= 11 is 0. The fraction of sp³-hybridized carbons (Fsp3) is 0. The van der Waals surface area contributed by atoms with Crippen molar-refractivity contribution >= 4 is 44.1 Å². The van der Waals surface area contributed by atoms with Crippen LogP contribution in [0, 0.1) is 0 Å². The van der Waals surface area contributed by atoms with Crippen molar-refractivity contribution in [1.82, 2.24) is 19.9 Å². The van der Waals surface area contributed by atoms with Gasteiger partial charge in [-0.15, -0.1) is 0 Å². The molecule has 68 heavy (non-hydrogen) atoms. The van der Waals surface area contributed by atoms with Gasteiger partial charge in [-0.2, -0.15) is 0 Å². The van der Waals surface area contributed by atoms with Crippen LogP contribution >= 0.6 is 0 Å². The molecular weight excluding hydrogens is 833 g/mol. The Hall–Kier alpha value is -9.26. The minimum atomic E-state index is 0.636. The second kappa shape index (κ2) is 16.3. The zero-order chi connectivity index (χ0) is 45.0. The molecule has 0 saturated heterocycles. The van der Waals surface area contributed by atoms with E-state index < -0.39 is 0 Å². The number of furan rings is 2. The quantitative estimate of drug-likeness (QED) is 0.151. The van der Waals surface area contributed by atoms with Crippen molar-refractivity contribution in [2.24, 2.45) is 0 Å². The number of hydrogen-bond acceptors (Lipinski definition) is 6. The molecule has 0 radical (unpaired) electrons. The number of fused-ring (bicyclic) bond motifs is 6. The summed E-state index contributed by atoms with van der Waals surface area (Å²) in [7, 11) is 0. The van der Waals surface area contributed by atoms with Gasteiger partial charge in [-0.3, -0.25) is 0 Å². The van der Waals surface area contributed by atoms with Crippen molar-refractivity contribution in [2.45, 2.75) is 0 Å². The first-order chi connectivity index (χ1) is 33.7. The van der Waals surface area contributed by atoms with Crippen LogP contribution in [0.4, 0.5) is 0 Å². The summed E-state index contributed by atoms with van der Waals surface area (Å²) in [5.74, 6) is 1.28. The van der Waals surface area contributed by atoms with Crippen LogP contribution in [-0.2, 0) is 0 Å². The van der Waals surface area contributed by atoms with Crippen molar-refractivity contribution in [3.8, 4) is 89.8 Å². The molecule has 0 amide bonds. The maximum atomic E-state index is 6.53. The van der Waals surface area contributed by atoms with E-state index in [-0.39, 0.29) is 0 Å². The third kappa shape index (κ3) is 7.00. The Labute approximate surface area is 391 Å². The smallest absolute Gasteiger partial charge is 0.180 e. The van der Waals surface area contributed by atoms with Crippen LogP contribution in [0.3, 0.4) is 0 Å². The highest BCUT2D eigenvalue weighted by atomic mass is 16.3. The molecule has 0 unspecified atom stereocenters. The van der Waals surface area contributed by atoms with E-state index in [2.05, 4.69) is 182 Å². The average molecular weight is 871 g/mol. The van der Waals surface area contributed by atoms with Crippen LogP contribution in [0.15, 0.2) is 239 Å². The van der Waals surface area contributed by atoms with E-state index >= 15 is 0 Å². The summed E-state index contributed by atoms with van der Waals surface area (Å²) in [5, 5.41) is 1.91. The van der Waals surface area contributed by atoms with Crippen molar-refractivity contribution in [1.29, 1.82) is 0 Å². The first kappa shape index (κ1) is 39.1. The third-order valence-corrected chi connectivity index (χ3v) is 12.7. The number of aromatic nitrogens is 4. The van der Waals surface area contributed by atoms with Gasteiger partial charge >= 0.3 is 0 Å². The van der Waals surface area contributed by atoms with E-state index in [1.165, 1.54) is 0 Å². The van der Waals surface area contributed by atoms with Gasteiger partial charge in [-0.25, -0.2) is 19.9 Å². The first-order valence-corrected chi connectivity index (χ1v) is 22.7. The van der Waals surface area contributed by atoms with Crippen molar-refractivity contribution in [3.63, 3.8) is 0 Å². The van der Waals surface area contributed by atoms with Crippen LogP contribution in [0.25, 0.3) is 134 Å². The molecule has 0 fully saturated rings. The predicted octanol–water partition coefficient (Wildman–Crippen LogP) is 16.4. The Morgan fingerprint density at radius 3 is 1.04 bits per heavy atom. The average Bonchev–Trinajstić information content (AvgIpc) is 4.00. The molecule has 13 rings (SSSR count). The molecule has 6 heteroatoms. The Balaban J connectivity index is 0.858. The number of nitrogens with zero attached hydrogens (tertiary/aromatic N) is 4. The molecule has 13 aromatic rings. The summed E-state index contributed by atoms with van der Waals surface area (Å²) in [5.41, 5.74) is 18.6. The summed E-state index contributed by atoms with van der Waals surface area (Å²) < 4.78 is 13.0. The van der Waals surface area contributed by atoms with Gasteiger partial charge in [0, 0.05) is 33.0 Å². The third-order valence-electron chi connectivity index (χ3n) is 12.7. The maximum absolute atomic E-state index is 6.53. The van der Waals surface area contributed by atoms with Gasteiger partial charge in [-0.1, -0.05) is 182 Å². The van der Waals surface area contributed by atoms with Crippen LogP contribution in [0.5, 0.6) is 0 Å². The molecule has 0 spiro atoms. The van der Waals surface area contributed by atoms with Crippen molar-refractivity contribution in [2.75, 3.05) is 0 Å². The highest BCUT2D eigenvalue weighted by Gasteiger charge is 2.21. The number of benzene rings is 9. The molecule has 0 bridgehead atoms. The van der Waals surface area contributed by atoms with Crippen LogP contribution in [0.2, 0.25) is 0 Å². The molecule has 0 aliphatic rings. The normalized spacial score (nSPS) is 11.5. The molecule has 318 valence electrons. The van der Waals surface area contributed by atoms with E-state index in [9.17, 15) is 0 Å². The van der Waals surface area contributed by atoms with Gasteiger partial charge in [0.05, 0.1) is 0 Å². The second-order valence-corrected chi connectivity index (χ2v) is 17.0. The Kier molecular flexibility index (Phi) is 9.39. The van der Waals surface area contributed by atoms with Gasteiger partial charge < -0.3 is 8.83 Å². The zero-order valence-corrected chi connectivity index (χ0v) is 36.5. The molecule has 0 saturated carbocycles. The van der Waals surface area contributed by atoms with Gasteiger partial charge in [0.25, 0.3) is 0 Å². The van der Waals surface area contributed by atoms with E-state index in [1.807, 2.05) is 48.5 Å². The fourth-order valence-electron chi connectivity index (χ4n) is 9.31. The molecule has 4 aromatic heterocycles. The SMILES string of the molecule is c1ccc(-c2cccc(-c3nc(-c4cccc(-c5cccc(-c6ccc(-c7nc(-c8cccc(-c9ccccc9)c8)c8oc9ccccc9c8n7)cc6)c5)c4)c4oc5ccccc5c4n3)c2)cc1. The number of para-hydroxylation sites is 2. The molecule has 4 heterocycles. The molecule has 0 N–H and O–H groups in total. The Morgan fingerprint density at radius 2 is 0.559 bits per heavy atom. The summed E-state index contributed by atoms with van der Waals surface area (Å²) in [4.78, 5) is 20.7. The lowest BCUT2D eigenvalue weighted by atomic mass is 9.96. The predicted molar refractivity (Wildman–Crippen MR) is 276 cm³/mol. The van der Waals surface area contributed by atoms with E-state index in [1.54, 1.807) is 0 Å². The zero-order valence-electron chi connectivity index (χ0n) is 36.5. The van der Waals surface area contributed by atoms with Crippen molar-refractivity contribution in [3.05, 3.63) is 231 Å². The Morgan fingerprint density at radius 1 is 0.235 bits per heavy atom. The number of rotatable bonds is 8. The molecule has 0 atom stereocenters. The fourth-order valence-corrected chi connectivity index (χ4v) is 9.31. The molecule has 0 aliphatic carbocycles. The summed E-state index contributed by atoms with van der Waals surface area (Å²) in [6.45, 7) is 0. The van der Waals surface area contributed by atoms with Gasteiger partial charge in [0.15, 0.2) is 22.8 Å². The molecule has 9 aromatic carbocycles. The second-order valence-electron chi connectivity index (χ2n) is 17.0. The first-order valence-electron chi connectivity index (χ1n) is 22.7. The largest absolute Gasteiger partial charge is 0.452 e. The topological polar surface area (TPSA) is 77.8 Å². The highest BCUT2D eigenvalue weighted by Crippen LogP contribution is 2.40. The number of hydrogen-bond donors (Lipinski definition) is 0. The standard InChI is InChI=1S/C62H38N4O2/c1-3-15-39(16-4-1)44-20-12-24-48(36-44)55-59-57(51-27-7-9-29-53(51)67-59)65-61(63-55)42-33-31-41(32-34-42)43-19-11-22-46(35-43)47-23-13-25-49(37-47)56-60-58(52-28-8-10-30-54(52)68-60)66-62(64-56)50-26-14-21-45(38-50)40-17-5-2-6-18-40/h1-38H. The lowest BCUT2D eigenvalue weighted by molar-refractivity contribution is 0.667. The maximum Gasteiger partial charge on any atom is 0.180 e.